The Balaban J connectivity index is 0.844. The molecule has 0 bridgehead atoms. The van der Waals surface area contributed by atoms with Gasteiger partial charge in [-0.15, -0.1) is 0 Å². The molecule has 15 aromatic rings. The van der Waals surface area contributed by atoms with Crippen molar-refractivity contribution < 1.29 is 0 Å². The molecule has 1 aromatic heterocycles. The minimum atomic E-state index is -0.301. The molecule has 0 aliphatic heterocycles. The van der Waals surface area contributed by atoms with Gasteiger partial charge in [0, 0.05) is 55.7 Å². The third kappa shape index (κ3) is 7.51. The van der Waals surface area contributed by atoms with Gasteiger partial charge in [0.25, 0.3) is 0 Å². The van der Waals surface area contributed by atoms with Gasteiger partial charge in [-0.1, -0.05) is 208 Å². The quantitative estimate of drug-likeness (QED) is 0.134. The van der Waals surface area contributed by atoms with Gasteiger partial charge in [0.1, 0.15) is 0 Å². The summed E-state index contributed by atoms with van der Waals surface area (Å²) in [4.78, 5) is 4.86. The van der Waals surface area contributed by atoms with Crippen LogP contribution in [-0.2, 0) is 5.41 Å². The number of aromatic nitrogens is 1. The molecule has 0 atom stereocenters. The summed E-state index contributed by atoms with van der Waals surface area (Å²) in [6, 6.07) is 110. The van der Waals surface area contributed by atoms with Crippen molar-refractivity contribution in [2.45, 2.75) is 19.3 Å². The van der Waals surface area contributed by atoms with Crippen LogP contribution in [0.25, 0.3) is 104 Å². The van der Waals surface area contributed by atoms with E-state index in [1.165, 1.54) is 109 Å². The molecule has 0 saturated carbocycles. The molecule has 0 unspecified atom stereocenters. The highest BCUT2D eigenvalue weighted by molar-refractivity contribution is 6.26. The first kappa shape index (κ1) is 47.5. The summed E-state index contributed by atoms with van der Waals surface area (Å²) in [6.07, 6.45) is 0. The second-order valence-electron chi connectivity index (χ2n) is 22.4. The molecular weight excluding hydrogens is 991 g/mol. The number of rotatable bonds is 9. The van der Waals surface area contributed by atoms with Crippen LogP contribution in [-0.4, -0.2) is 4.57 Å². The Morgan fingerprint density at radius 3 is 1.30 bits per heavy atom. The van der Waals surface area contributed by atoms with E-state index in [1.54, 1.807) is 0 Å². The fourth-order valence-electron chi connectivity index (χ4n) is 13.6. The van der Waals surface area contributed by atoms with Crippen LogP contribution in [0.5, 0.6) is 0 Å². The van der Waals surface area contributed by atoms with E-state index < -0.39 is 0 Å². The zero-order valence-corrected chi connectivity index (χ0v) is 45.6. The van der Waals surface area contributed by atoms with Gasteiger partial charge in [-0.3, -0.25) is 0 Å². The first-order valence-electron chi connectivity index (χ1n) is 28.5. The van der Waals surface area contributed by atoms with Crippen LogP contribution in [0.1, 0.15) is 25.0 Å². The number of benzene rings is 14. The summed E-state index contributed by atoms with van der Waals surface area (Å²) >= 11 is 0. The number of para-hydroxylation sites is 4. The molecular formula is C79H55N3. The maximum Gasteiger partial charge on any atom is 0.0541 e. The Morgan fingerprint density at radius 2 is 0.683 bits per heavy atom. The third-order valence-electron chi connectivity index (χ3n) is 17.5. The highest BCUT2D eigenvalue weighted by Gasteiger charge is 2.37. The molecule has 1 aliphatic rings. The zero-order chi connectivity index (χ0) is 54.5. The number of hydrogen-bond acceptors (Lipinski definition) is 2. The predicted octanol–water partition coefficient (Wildman–Crippen LogP) is 22.0. The van der Waals surface area contributed by atoms with Crippen molar-refractivity contribution in [3.63, 3.8) is 0 Å². The average molecular weight is 1050 g/mol. The van der Waals surface area contributed by atoms with Crippen molar-refractivity contribution in [3.8, 4) is 39.1 Å². The highest BCUT2D eigenvalue weighted by atomic mass is 15.1. The van der Waals surface area contributed by atoms with E-state index in [0.29, 0.717) is 0 Å². The summed E-state index contributed by atoms with van der Waals surface area (Å²) in [5.41, 5.74) is 19.9. The van der Waals surface area contributed by atoms with Crippen molar-refractivity contribution in [2.75, 3.05) is 9.80 Å². The number of fused-ring (bicyclic) bond motifs is 13. The van der Waals surface area contributed by atoms with E-state index in [4.69, 9.17) is 0 Å². The monoisotopic (exact) mass is 1050 g/mol. The summed E-state index contributed by atoms with van der Waals surface area (Å²) in [5.74, 6) is 0. The zero-order valence-electron chi connectivity index (χ0n) is 45.6. The number of hydrogen-bond donors (Lipinski definition) is 0. The van der Waals surface area contributed by atoms with Crippen LogP contribution in [0.15, 0.2) is 297 Å². The number of anilines is 6. The third-order valence-corrected chi connectivity index (χ3v) is 17.5. The van der Waals surface area contributed by atoms with Crippen molar-refractivity contribution >= 4 is 99.0 Å². The summed E-state index contributed by atoms with van der Waals surface area (Å²) in [5, 5.41) is 12.5. The van der Waals surface area contributed by atoms with Crippen molar-refractivity contribution in [2.24, 2.45) is 0 Å². The van der Waals surface area contributed by atoms with Gasteiger partial charge in [-0.2, -0.15) is 0 Å². The molecule has 386 valence electrons. The molecule has 1 aliphatic carbocycles. The van der Waals surface area contributed by atoms with Gasteiger partial charge in [0.05, 0.1) is 16.7 Å². The fourth-order valence-corrected chi connectivity index (χ4v) is 13.6. The molecule has 0 radical (unpaired) electrons. The fraction of sp³-hybridized carbons (Fsp3) is 0.0380. The highest BCUT2D eigenvalue weighted by Crippen LogP contribution is 2.53. The topological polar surface area (TPSA) is 11.4 Å². The van der Waals surface area contributed by atoms with Crippen LogP contribution >= 0.6 is 0 Å². The first-order chi connectivity index (χ1) is 40.4. The molecule has 16 rings (SSSR count). The molecule has 3 heteroatoms. The molecule has 0 saturated heterocycles. The lowest BCUT2D eigenvalue weighted by Gasteiger charge is -2.30. The van der Waals surface area contributed by atoms with E-state index in [0.717, 1.165) is 39.8 Å². The normalized spacial score (nSPS) is 12.6. The largest absolute Gasteiger partial charge is 0.310 e. The van der Waals surface area contributed by atoms with Gasteiger partial charge < -0.3 is 14.4 Å². The van der Waals surface area contributed by atoms with Crippen LogP contribution < -0.4 is 9.80 Å². The summed E-state index contributed by atoms with van der Waals surface area (Å²) < 4.78 is 2.39. The van der Waals surface area contributed by atoms with Crippen LogP contribution in [0.4, 0.5) is 34.1 Å². The molecule has 0 spiro atoms. The minimum absolute atomic E-state index is 0.301. The predicted molar refractivity (Wildman–Crippen MR) is 349 cm³/mol. The van der Waals surface area contributed by atoms with E-state index >= 15 is 0 Å². The van der Waals surface area contributed by atoms with Gasteiger partial charge in [0.15, 0.2) is 0 Å². The summed E-state index contributed by atoms with van der Waals surface area (Å²) in [6.45, 7) is 4.79. The summed E-state index contributed by atoms with van der Waals surface area (Å²) in [7, 11) is 0. The molecule has 0 N–H and O–H groups in total. The van der Waals surface area contributed by atoms with Crippen molar-refractivity contribution in [1.29, 1.82) is 0 Å². The maximum atomic E-state index is 2.49. The van der Waals surface area contributed by atoms with Crippen molar-refractivity contribution in [1.82, 2.24) is 4.57 Å². The lowest BCUT2D eigenvalue weighted by molar-refractivity contribution is 0.660. The standard InChI is InChI=1S/C79H55N3/c1-79(2)74-50-59(80(55-20-6-3-7-21-55)56-22-8-4-9-23-56)40-43-68(74)69-44-41-60(51-75(69)79)81(58-38-34-52(35-39-58)53-36-42-67-65-29-13-12-27-63(65)64-28-14-15-30-66(64)72(67)48-53)77-47-45-61(62-26-16-17-31-70(62)77)54-37-46-78-73(49-54)71-32-18-19-33-76(71)82(78)57-24-10-5-11-25-57/h3-51H,1-2H3. The molecule has 1 heterocycles. The first-order valence-corrected chi connectivity index (χ1v) is 28.5. The van der Waals surface area contributed by atoms with Crippen LogP contribution in [0.3, 0.4) is 0 Å². The van der Waals surface area contributed by atoms with Gasteiger partial charge in [0.2, 0.25) is 0 Å². The van der Waals surface area contributed by atoms with Crippen LogP contribution in [0, 0.1) is 0 Å². The van der Waals surface area contributed by atoms with E-state index in [1.807, 2.05) is 0 Å². The smallest absolute Gasteiger partial charge is 0.0541 e. The van der Waals surface area contributed by atoms with Crippen LogP contribution in [0.2, 0.25) is 0 Å². The SMILES string of the molecule is CC1(C)c2cc(N(c3ccccc3)c3ccccc3)ccc2-c2ccc(N(c3ccc(-c4ccc5c6ccccc6c6ccccc6c5c4)cc3)c3ccc(-c4ccc5c(c4)c4ccccc4n5-c4ccccc4)c4ccccc34)cc21. The Bertz CT molecular complexity index is 4920. The van der Waals surface area contributed by atoms with Gasteiger partial charge in [-0.05, 0) is 185 Å². The lowest BCUT2D eigenvalue weighted by Crippen LogP contribution is -2.17. The second-order valence-corrected chi connectivity index (χ2v) is 22.4. The molecule has 0 amide bonds. The van der Waals surface area contributed by atoms with Gasteiger partial charge in [-0.25, -0.2) is 0 Å². The Hall–Kier alpha value is -10.5. The van der Waals surface area contributed by atoms with Gasteiger partial charge >= 0.3 is 0 Å². The van der Waals surface area contributed by atoms with Crippen molar-refractivity contribution in [3.05, 3.63) is 308 Å². The average Bonchev–Trinajstić information content (AvgIpc) is 4.08. The lowest BCUT2D eigenvalue weighted by atomic mass is 9.82. The van der Waals surface area contributed by atoms with E-state index in [9.17, 15) is 0 Å². The minimum Gasteiger partial charge on any atom is -0.310 e. The number of nitrogens with zero attached hydrogens (tertiary/aromatic N) is 3. The van der Waals surface area contributed by atoms with E-state index in [2.05, 4.69) is 325 Å². The molecule has 0 fully saturated rings. The molecule has 82 heavy (non-hydrogen) atoms. The molecule has 14 aromatic carbocycles. The Labute approximate surface area is 477 Å². The van der Waals surface area contributed by atoms with E-state index in [-0.39, 0.29) is 5.41 Å². The Morgan fingerprint density at radius 1 is 0.256 bits per heavy atom. The molecule has 3 nitrogen and oxygen atoms in total. The Kier molecular flexibility index (Phi) is 10.9. The second kappa shape index (κ2) is 18.8. The maximum absolute atomic E-state index is 2.49.